The molecule has 3 unspecified atom stereocenters. The average Bonchev–Trinajstić information content (AvgIpc) is 2.97. The zero-order valence-electron chi connectivity index (χ0n) is 24.9. The number of carbonyl (C=O) groups excluding carboxylic acids is 3. The number of carbonyl (C=O) groups is 4. The number of nitrogens with one attached hydrogen (secondary N) is 2. The van der Waals surface area contributed by atoms with Crippen LogP contribution in [0.25, 0.3) is 0 Å². The van der Waals surface area contributed by atoms with E-state index in [1.165, 1.54) is 32.3 Å². The van der Waals surface area contributed by atoms with Crippen molar-refractivity contribution in [1.29, 1.82) is 0 Å². The standard InChI is InChI=1S/C33H45N3O6/c1-4-5-6-7-8-9-10-11-12-13-14-15-16-17-18-19-20-23-29(37)35-26(2)33(41)42-27(3)30(32(39)40)36-31(38)28-22-21-24-34-25-28/h5-6,8-9,11-12,14-15,17-18,21-22,24-27,30H,4,7,10,13,16,19-20,23H2,1-3H3,(H,35,37)(H,36,38)(H,39,40). The van der Waals surface area contributed by atoms with Crippen molar-refractivity contribution in [3.8, 4) is 0 Å². The van der Waals surface area contributed by atoms with Gasteiger partial charge in [-0.25, -0.2) is 9.59 Å². The van der Waals surface area contributed by atoms with Gasteiger partial charge in [-0.2, -0.15) is 0 Å². The van der Waals surface area contributed by atoms with E-state index in [2.05, 4.69) is 77.2 Å². The molecule has 1 heterocycles. The lowest BCUT2D eigenvalue weighted by molar-refractivity contribution is -0.157. The Hall–Kier alpha value is -4.27. The van der Waals surface area contributed by atoms with Gasteiger partial charge in [0.25, 0.3) is 5.91 Å². The van der Waals surface area contributed by atoms with Crippen molar-refractivity contribution in [3.05, 3.63) is 90.9 Å². The largest absolute Gasteiger partial charge is 0.480 e. The summed E-state index contributed by atoms with van der Waals surface area (Å²) in [5.74, 6) is -3.12. The monoisotopic (exact) mass is 579 g/mol. The molecule has 0 aliphatic rings. The number of hydrogen-bond donors (Lipinski definition) is 3. The number of carboxylic acids is 1. The lowest BCUT2D eigenvalue weighted by Crippen LogP contribution is -2.50. The number of carboxylic acid groups (broad SMARTS) is 1. The van der Waals surface area contributed by atoms with Crippen molar-refractivity contribution in [2.24, 2.45) is 0 Å². The van der Waals surface area contributed by atoms with Crippen molar-refractivity contribution in [3.63, 3.8) is 0 Å². The maximum absolute atomic E-state index is 12.4. The molecule has 9 heteroatoms. The Labute approximate surface area is 249 Å². The van der Waals surface area contributed by atoms with Crippen LogP contribution < -0.4 is 10.6 Å². The molecule has 0 aliphatic heterocycles. The molecular formula is C33H45N3O6. The first-order valence-electron chi connectivity index (χ1n) is 14.4. The van der Waals surface area contributed by atoms with E-state index >= 15 is 0 Å². The summed E-state index contributed by atoms with van der Waals surface area (Å²) in [6.45, 7) is 4.95. The van der Waals surface area contributed by atoms with Crippen LogP contribution >= 0.6 is 0 Å². The van der Waals surface area contributed by atoms with Crippen LogP contribution in [0, 0.1) is 0 Å². The Bertz CT molecular complexity index is 1110. The number of pyridine rings is 1. The molecule has 0 spiro atoms. The summed E-state index contributed by atoms with van der Waals surface area (Å²) in [6, 6.07) is 0.573. The molecule has 0 bridgehead atoms. The topological polar surface area (TPSA) is 135 Å². The fourth-order valence-electron chi connectivity index (χ4n) is 3.58. The van der Waals surface area contributed by atoms with Crippen molar-refractivity contribution in [2.75, 3.05) is 0 Å². The lowest BCUT2D eigenvalue weighted by atomic mass is 10.1. The maximum atomic E-state index is 12.4. The zero-order valence-corrected chi connectivity index (χ0v) is 24.9. The van der Waals surface area contributed by atoms with Gasteiger partial charge in [0.2, 0.25) is 5.91 Å². The molecule has 1 rings (SSSR count). The highest BCUT2D eigenvalue weighted by Crippen LogP contribution is 2.06. The molecule has 0 radical (unpaired) electrons. The van der Waals surface area contributed by atoms with Gasteiger partial charge < -0.3 is 20.5 Å². The molecule has 0 saturated carbocycles. The number of aromatic nitrogens is 1. The first kappa shape index (κ1) is 35.8. The predicted molar refractivity (Wildman–Crippen MR) is 165 cm³/mol. The first-order valence-corrected chi connectivity index (χ1v) is 14.4. The lowest BCUT2D eigenvalue weighted by Gasteiger charge is -2.23. The first-order chi connectivity index (χ1) is 20.3. The van der Waals surface area contributed by atoms with Crippen LogP contribution in [0.15, 0.2) is 85.3 Å². The van der Waals surface area contributed by atoms with Crippen LogP contribution in [0.1, 0.15) is 82.5 Å². The van der Waals surface area contributed by atoms with Crippen LogP contribution in [-0.4, -0.2) is 52.0 Å². The summed E-state index contributed by atoms with van der Waals surface area (Å²) in [5, 5.41) is 14.4. The smallest absolute Gasteiger partial charge is 0.330 e. The van der Waals surface area contributed by atoms with Gasteiger partial charge in [-0.1, -0.05) is 67.7 Å². The third-order valence-corrected chi connectivity index (χ3v) is 5.91. The Morgan fingerprint density at radius 1 is 0.881 bits per heavy atom. The quantitative estimate of drug-likeness (QED) is 0.104. The number of aliphatic carboxylic acids is 1. The number of unbranched alkanes of at least 4 members (excludes halogenated alkanes) is 1. The SMILES string of the molecule is CCC=CCC=CCC=CCC=CCC=CCCCC(=O)NC(C)C(=O)OC(C)C(NC(=O)c1cccnc1)C(=O)O. The van der Waals surface area contributed by atoms with Crippen LogP contribution in [0.4, 0.5) is 0 Å². The van der Waals surface area contributed by atoms with Gasteiger partial charge in [0.1, 0.15) is 12.1 Å². The highest BCUT2D eigenvalue weighted by atomic mass is 16.5. The van der Waals surface area contributed by atoms with Gasteiger partial charge in [-0.15, -0.1) is 0 Å². The summed E-state index contributed by atoms with van der Waals surface area (Å²) in [7, 11) is 0. The van der Waals surface area contributed by atoms with Crippen LogP contribution in [0.3, 0.4) is 0 Å². The molecule has 42 heavy (non-hydrogen) atoms. The van der Waals surface area contributed by atoms with Gasteiger partial charge in [-0.05, 0) is 70.9 Å². The van der Waals surface area contributed by atoms with Gasteiger partial charge in [0.15, 0.2) is 6.04 Å². The number of amides is 2. The second kappa shape index (κ2) is 22.4. The third kappa shape index (κ3) is 16.7. The van der Waals surface area contributed by atoms with Gasteiger partial charge >= 0.3 is 11.9 Å². The molecular weight excluding hydrogens is 534 g/mol. The molecule has 1 aromatic rings. The summed E-state index contributed by atoms with van der Waals surface area (Å²) in [6.07, 6.45) is 29.2. The van der Waals surface area contributed by atoms with Crippen molar-refractivity contribution < 1.29 is 29.0 Å². The van der Waals surface area contributed by atoms with E-state index in [0.29, 0.717) is 6.42 Å². The van der Waals surface area contributed by atoms with Gasteiger partial charge in [0, 0.05) is 18.8 Å². The van der Waals surface area contributed by atoms with E-state index < -0.39 is 36.0 Å². The van der Waals surface area contributed by atoms with E-state index in [1.54, 1.807) is 6.07 Å². The van der Waals surface area contributed by atoms with Crippen LogP contribution in [-0.2, 0) is 19.1 Å². The van der Waals surface area contributed by atoms with E-state index in [4.69, 9.17) is 4.74 Å². The number of hydrogen-bond acceptors (Lipinski definition) is 6. The van der Waals surface area contributed by atoms with Crippen molar-refractivity contribution in [2.45, 2.75) is 90.3 Å². The average molecular weight is 580 g/mol. The normalized spacial score (nSPS) is 14.1. The minimum Gasteiger partial charge on any atom is -0.480 e. The number of nitrogens with zero attached hydrogens (tertiary/aromatic N) is 1. The molecule has 0 saturated heterocycles. The summed E-state index contributed by atoms with van der Waals surface area (Å²) in [4.78, 5) is 52.4. The Morgan fingerprint density at radius 3 is 1.98 bits per heavy atom. The van der Waals surface area contributed by atoms with E-state index in [9.17, 15) is 24.3 Å². The second-order valence-electron chi connectivity index (χ2n) is 9.56. The van der Waals surface area contributed by atoms with E-state index in [1.807, 2.05) is 6.08 Å². The molecule has 3 N–H and O–H groups in total. The fourth-order valence-corrected chi connectivity index (χ4v) is 3.58. The Kier molecular flexibility index (Phi) is 19.1. The third-order valence-electron chi connectivity index (χ3n) is 5.91. The number of rotatable bonds is 20. The number of ether oxygens (including phenoxy) is 1. The second-order valence-corrected chi connectivity index (χ2v) is 9.56. The summed E-state index contributed by atoms with van der Waals surface area (Å²) >= 11 is 0. The number of esters is 1. The van der Waals surface area contributed by atoms with Crippen LogP contribution in [0.2, 0.25) is 0 Å². The van der Waals surface area contributed by atoms with E-state index in [-0.39, 0.29) is 17.9 Å². The molecule has 0 aliphatic carbocycles. The molecule has 1 aromatic heterocycles. The van der Waals surface area contributed by atoms with Gasteiger partial charge in [0.05, 0.1) is 5.56 Å². The molecule has 3 atom stereocenters. The van der Waals surface area contributed by atoms with Crippen LogP contribution in [0.5, 0.6) is 0 Å². The van der Waals surface area contributed by atoms with Crippen molar-refractivity contribution in [1.82, 2.24) is 15.6 Å². The minimum atomic E-state index is -1.48. The van der Waals surface area contributed by atoms with Crippen molar-refractivity contribution >= 4 is 23.8 Å². The Balaban J connectivity index is 2.26. The fraction of sp³-hybridized carbons (Fsp3) is 0.424. The highest BCUT2D eigenvalue weighted by Gasteiger charge is 2.31. The molecule has 2 amide bonds. The summed E-state index contributed by atoms with van der Waals surface area (Å²) in [5.41, 5.74) is 0.174. The zero-order chi connectivity index (χ0) is 31.0. The van der Waals surface area contributed by atoms with E-state index in [0.717, 1.165) is 38.5 Å². The Morgan fingerprint density at radius 2 is 1.45 bits per heavy atom. The number of allylic oxidation sites excluding steroid dienone is 10. The predicted octanol–water partition coefficient (Wildman–Crippen LogP) is 5.62. The molecule has 9 nitrogen and oxygen atoms in total. The van der Waals surface area contributed by atoms with Gasteiger partial charge in [-0.3, -0.25) is 14.6 Å². The minimum absolute atomic E-state index is 0.174. The highest BCUT2D eigenvalue weighted by molar-refractivity contribution is 5.96. The molecule has 228 valence electrons. The molecule has 0 fully saturated rings. The molecule has 0 aromatic carbocycles. The maximum Gasteiger partial charge on any atom is 0.330 e. The summed E-state index contributed by atoms with van der Waals surface area (Å²) < 4.78 is 5.22.